The third-order valence-electron chi connectivity index (χ3n) is 2.99. The molecule has 3 heteroatoms. The Kier molecular flexibility index (Phi) is 18.4. The van der Waals surface area contributed by atoms with Gasteiger partial charge in [0, 0.05) is 12.1 Å². The normalized spacial score (nSPS) is 9.00. The van der Waals surface area contributed by atoms with Crippen LogP contribution < -0.4 is 4.74 Å². The molecule has 1 aromatic rings. The summed E-state index contributed by atoms with van der Waals surface area (Å²) in [6, 6.07) is 2.05. The van der Waals surface area contributed by atoms with E-state index in [9.17, 15) is 4.79 Å². The lowest BCUT2D eigenvalue weighted by Crippen LogP contribution is -2.01. The number of aromatic nitrogens is 1. The van der Waals surface area contributed by atoms with Gasteiger partial charge in [-0.2, -0.15) is 0 Å². The topological polar surface area (TPSA) is 39.2 Å². The van der Waals surface area contributed by atoms with E-state index in [0.717, 1.165) is 37.0 Å². The fourth-order valence-corrected chi connectivity index (χ4v) is 1.58. The van der Waals surface area contributed by atoms with Crippen molar-refractivity contribution >= 4 is 6.29 Å². The summed E-state index contributed by atoms with van der Waals surface area (Å²) < 4.78 is 5.53. The minimum atomic E-state index is 0.557. The van der Waals surface area contributed by atoms with Crippen LogP contribution in [0.4, 0.5) is 0 Å². The number of nitrogens with zero attached hydrogens (tertiary/aromatic N) is 1. The van der Waals surface area contributed by atoms with Crippen molar-refractivity contribution in [2.45, 2.75) is 80.1 Å². The second-order valence-electron chi connectivity index (χ2n) is 4.64. The van der Waals surface area contributed by atoms with Gasteiger partial charge >= 0.3 is 0 Å². The smallest absolute Gasteiger partial charge is 0.137 e. The zero-order chi connectivity index (χ0) is 17.2. The van der Waals surface area contributed by atoms with Crippen molar-refractivity contribution in [1.82, 2.24) is 4.98 Å². The Morgan fingerprint density at radius 2 is 1.73 bits per heavy atom. The molecule has 0 amide bonds. The number of rotatable bonds is 8. The monoisotopic (exact) mass is 309 g/mol. The van der Waals surface area contributed by atoms with Crippen LogP contribution in [0.2, 0.25) is 0 Å². The van der Waals surface area contributed by atoms with Crippen molar-refractivity contribution in [3.05, 3.63) is 23.5 Å². The van der Waals surface area contributed by atoms with Crippen molar-refractivity contribution < 1.29 is 9.53 Å². The van der Waals surface area contributed by atoms with Crippen LogP contribution in [0.15, 0.2) is 12.3 Å². The van der Waals surface area contributed by atoms with Crippen LogP contribution >= 0.6 is 0 Å². The first-order valence-electron chi connectivity index (χ1n) is 8.77. The van der Waals surface area contributed by atoms with Gasteiger partial charge in [0.25, 0.3) is 0 Å². The number of hydrogen-bond acceptors (Lipinski definition) is 3. The van der Waals surface area contributed by atoms with Crippen LogP contribution in [0.25, 0.3) is 0 Å². The van der Waals surface area contributed by atoms with Gasteiger partial charge in [0.2, 0.25) is 0 Å². The lowest BCUT2D eigenvalue weighted by molar-refractivity contribution is -0.108. The number of carbonyl (C=O) groups is 1. The number of aldehydes is 1. The molecule has 1 heterocycles. The summed E-state index contributed by atoms with van der Waals surface area (Å²) in [4.78, 5) is 14.5. The molecule has 0 atom stereocenters. The van der Waals surface area contributed by atoms with Crippen molar-refractivity contribution in [2.75, 3.05) is 6.61 Å². The predicted octanol–water partition coefficient (Wildman–Crippen LogP) is 5.40. The summed E-state index contributed by atoms with van der Waals surface area (Å²) >= 11 is 0. The molecule has 128 valence electrons. The van der Waals surface area contributed by atoms with E-state index in [0.29, 0.717) is 13.0 Å². The van der Waals surface area contributed by atoms with Crippen LogP contribution in [0.1, 0.15) is 78.5 Å². The number of hydrogen-bond donors (Lipinski definition) is 0. The van der Waals surface area contributed by atoms with E-state index in [1.807, 2.05) is 19.9 Å². The summed E-state index contributed by atoms with van der Waals surface area (Å²) in [6.07, 6.45) is 8.57. The fourth-order valence-electron chi connectivity index (χ4n) is 1.58. The maximum Gasteiger partial charge on any atom is 0.137 e. The van der Waals surface area contributed by atoms with E-state index in [-0.39, 0.29) is 0 Å². The third kappa shape index (κ3) is 11.3. The fraction of sp³-hybridized carbons (Fsp3) is 0.684. The van der Waals surface area contributed by atoms with Gasteiger partial charge in [-0.05, 0) is 30.9 Å². The number of unbranched alkanes of at least 4 members (excludes halogenated alkanes) is 2. The first-order valence-corrected chi connectivity index (χ1v) is 8.77. The molecule has 0 radical (unpaired) electrons. The highest BCUT2D eigenvalue weighted by molar-refractivity contribution is 5.49. The molecule has 0 saturated heterocycles. The first-order chi connectivity index (χ1) is 10.7. The highest BCUT2D eigenvalue weighted by atomic mass is 16.5. The quantitative estimate of drug-likeness (QED) is 0.477. The summed E-state index contributed by atoms with van der Waals surface area (Å²) in [5.41, 5.74) is 2.39. The number of ether oxygens (including phenoxy) is 1. The van der Waals surface area contributed by atoms with Crippen LogP contribution in [0.5, 0.6) is 5.75 Å². The van der Waals surface area contributed by atoms with Crippen LogP contribution in [0, 0.1) is 0 Å². The molecule has 0 saturated carbocycles. The Bertz CT molecular complexity index is 362. The minimum absolute atomic E-state index is 0.557. The van der Waals surface area contributed by atoms with Gasteiger partial charge in [-0.1, -0.05) is 54.4 Å². The molecule has 0 fully saturated rings. The van der Waals surface area contributed by atoms with Gasteiger partial charge in [0.05, 0.1) is 12.8 Å². The molecular formula is C19H35NO2. The Morgan fingerprint density at radius 1 is 1.09 bits per heavy atom. The molecule has 0 aliphatic heterocycles. The Labute approximate surface area is 137 Å². The molecule has 0 aromatic carbocycles. The van der Waals surface area contributed by atoms with Crippen LogP contribution in [-0.4, -0.2) is 17.9 Å². The van der Waals surface area contributed by atoms with Gasteiger partial charge in [-0.3, -0.25) is 4.98 Å². The van der Waals surface area contributed by atoms with Crippen molar-refractivity contribution in [3.8, 4) is 5.75 Å². The van der Waals surface area contributed by atoms with Crippen molar-refractivity contribution in [1.29, 1.82) is 0 Å². The van der Waals surface area contributed by atoms with E-state index in [2.05, 4.69) is 32.7 Å². The Hall–Kier alpha value is -1.38. The molecule has 0 unspecified atom stereocenters. The van der Waals surface area contributed by atoms with E-state index in [1.54, 1.807) is 6.20 Å². The zero-order valence-electron chi connectivity index (χ0n) is 15.4. The lowest BCUT2D eigenvalue weighted by Gasteiger charge is -2.09. The van der Waals surface area contributed by atoms with Gasteiger partial charge < -0.3 is 9.53 Å². The molecule has 1 aromatic heterocycles. The van der Waals surface area contributed by atoms with E-state index >= 15 is 0 Å². The average molecular weight is 309 g/mol. The molecular weight excluding hydrogens is 274 g/mol. The van der Waals surface area contributed by atoms with E-state index in [4.69, 9.17) is 4.74 Å². The largest absolute Gasteiger partial charge is 0.492 e. The van der Waals surface area contributed by atoms with E-state index < -0.39 is 0 Å². The van der Waals surface area contributed by atoms with Gasteiger partial charge in [-0.15, -0.1) is 0 Å². The summed E-state index contributed by atoms with van der Waals surface area (Å²) in [5.74, 6) is 0.806. The first kappa shape index (κ1) is 22.9. The second-order valence-corrected chi connectivity index (χ2v) is 4.64. The maximum atomic E-state index is 10.1. The minimum Gasteiger partial charge on any atom is -0.492 e. The second kappa shape index (κ2) is 17.7. The van der Waals surface area contributed by atoms with Gasteiger partial charge in [-0.25, -0.2) is 0 Å². The maximum absolute atomic E-state index is 10.1. The SMILES string of the molecule is CC.CCCC.CCc1cc(OCCCC=O)cnc1CC. The number of aryl methyl sites for hydroxylation is 2. The lowest BCUT2D eigenvalue weighted by atomic mass is 10.1. The Balaban J connectivity index is 0. The van der Waals surface area contributed by atoms with Crippen LogP contribution in [0.3, 0.4) is 0 Å². The molecule has 1 rings (SSSR count). The molecule has 0 aliphatic carbocycles. The third-order valence-corrected chi connectivity index (χ3v) is 2.99. The highest BCUT2D eigenvalue weighted by Crippen LogP contribution is 2.16. The number of pyridine rings is 1. The van der Waals surface area contributed by atoms with E-state index in [1.165, 1.54) is 18.4 Å². The summed E-state index contributed by atoms with van der Waals surface area (Å²) in [6.45, 7) is 13.2. The Morgan fingerprint density at radius 3 is 2.18 bits per heavy atom. The predicted molar refractivity (Wildman–Crippen MR) is 95.7 cm³/mol. The molecule has 0 N–H and O–H groups in total. The summed E-state index contributed by atoms with van der Waals surface area (Å²) in [5, 5.41) is 0. The molecule has 3 nitrogen and oxygen atoms in total. The van der Waals surface area contributed by atoms with Gasteiger partial charge in [0.1, 0.15) is 12.0 Å². The average Bonchev–Trinajstić information content (AvgIpc) is 2.60. The molecule has 22 heavy (non-hydrogen) atoms. The molecule has 0 bridgehead atoms. The standard InChI is InChI=1S/C13H19NO2.C4H10.C2H6/c1-3-11-9-12(10-14-13(11)4-2)16-8-6-5-7-15;1-3-4-2;1-2/h7,9-10H,3-6,8H2,1-2H3;3-4H2,1-2H3;1-2H3. The van der Waals surface area contributed by atoms with Crippen molar-refractivity contribution in [2.24, 2.45) is 0 Å². The zero-order valence-corrected chi connectivity index (χ0v) is 15.4. The summed E-state index contributed by atoms with van der Waals surface area (Å²) in [7, 11) is 0. The van der Waals surface area contributed by atoms with Crippen molar-refractivity contribution in [3.63, 3.8) is 0 Å². The highest BCUT2D eigenvalue weighted by Gasteiger charge is 2.02. The molecule has 0 spiro atoms. The molecule has 0 aliphatic rings. The number of carbonyl (C=O) groups excluding carboxylic acids is 1. The van der Waals surface area contributed by atoms with Crippen LogP contribution in [-0.2, 0) is 17.6 Å². The van der Waals surface area contributed by atoms with Gasteiger partial charge in [0.15, 0.2) is 0 Å².